The number of carbonyl (C=O) groups excluding carboxylic acids is 2. The normalized spacial score (nSPS) is 25.8. The number of benzene rings is 2. The number of piperazine rings is 1. The molecular weight excluding hydrogens is 618 g/mol. The molecule has 2 aromatic carbocycles. The predicted octanol–water partition coefficient (Wildman–Crippen LogP) is 3.73. The Labute approximate surface area is 268 Å². The van der Waals surface area contributed by atoms with E-state index >= 15 is 0 Å². The lowest BCUT2D eigenvalue weighted by atomic mass is 9.72. The molecule has 0 spiro atoms. The van der Waals surface area contributed by atoms with Crippen molar-refractivity contribution in [3.05, 3.63) is 84.1 Å². The molecule has 3 aromatic rings. The Kier molecular flexibility index (Phi) is 9.00. The minimum absolute atomic E-state index is 0.0426. The summed E-state index contributed by atoms with van der Waals surface area (Å²) in [5.41, 5.74) is 2.02. The molecule has 1 N–H and O–H groups in total. The number of amides is 2. The Morgan fingerprint density at radius 3 is 2.40 bits per heavy atom. The number of rotatable bonds is 7. The maximum absolute atomic E-state index is 14.1. The summed E-state index contributed by atoms with van der Waals surface area (Å²) in [4.78, 5) is 38.2. The van der Waals surface area contributed by atoms with Crippen LogP contribution in [-0.4, -0.2) is 104 Å². The number of halogens is 1. The number of nitrogens with zero attached hydrogens (tertiary/aromatic N) is 4. The van der Waals surface area contributed by atoms with Gasteiger partial charge >= 0.3 is 16.2 Å². The maximum Gasteiger partial charge on any atom is 0.426 e. The number of pyridine rings is 1. The summed E-state index contributed by atoms with van der Waals surface area (Å²) < 4.78 is 37.8. The second-order valence-electron chi connectivity index (χ2n) is 11.5. The van der Waals surface area contributed by atoms with Gasteiger partial charge in [-0.15, -0.1) is 11.6 Å². The van der Waals surface area contributed by atoms with E-state index in [1.165, 1.54) is 17.0 Å². The van der Waals surface area contributed by atoms with E-state index in [0.717, 1.165) is 26.2 Å². The van der Waals surface area contributed by atoms with Gasteiger partial charge in [0.25, 0.3) is 0 Å². The first-order valence-corrected chi connectivity index (χ1v) is 16.9. The van der Waals surface area contributed by atoms with Gasteiger partial charge in [0.05, 0.1) is 23.9 Å². The standard InChI is InChI=1S/C32H36ClN5O6S/c1-3-43-31-23(13-9-15-34-31)26-28(37-18-16-36(2)17-19-37)24(33)20-38(32(40)44-45(41,42)21-10-5-4-6-11-21)29(26)27-22-12-7-8-14-25(22)35-30(27)39/h4-15,24,26-29H,3,16-20H2,1-2H3,(H,35,39). The zero-order valence-corrected chi connectivity index (χ0v) is 26.7. The highest BCUT2D eigenvalue weighted by molar-refractivity contribution is 7.87. The molecule has 1 aromatic heterocycles. The maximum atomic E-state index is 14.1. The molecule has 4 heterocycles. The molecule has 2 saturated heterocycles. The number of hydrogen-bond donors (Lipinski definition) is 1. The molecule has 2 amide bonds. The molecule has 5 unspecified atom stereocenters. The zero-order chi connectivity index (χ0) is 31.7. The van der Waals surface area contributed by atoms with E-state index < -0.39 is 39.5 Å². The number of para-hydroxylation sites is 1. The van der Waals surface area contributed by atoms with Crippen molar-refractivity contribution in [2.24, 2.45) is 0 Å². The van der Waals surface area contributed by atoms with E-state index in [0.29, 0.717) is 29.3 Å². The summed E-state index contributed by atoms with van der Waals surface area (Å²) in [6.07, 6.45) is 0.529. The summed E-state index contributed by atoms with van der Waals surface area (Å²) in [5, 5.41) is 2.32. The molecule has 2 fully saturated rings. The van der Waals surface area contributed by atoms with Crippen molar-refractivity contribution < 1.29 is 26.9 Å². The molecular formula is C32H36ClN5O6S. The van der Waals surface area contributed by atoms with Gasteiger partial charge < -0.3 is 24.0 Å². The third-order valence-corrected chi connectivity index (χ3v) is 10.5. The Morgan fingerprint density at radius 2 is 1.67 bits per heavy atom. The molecule has 6 rings (SSSR count). The SMILES string of the molecule is CCOc1ncccc1C1C(N2CCN(C)CC2)C(Cl)CN(C(=O)OS(=O)(=O)c2ccccc2)C1C1C(=O)Nc2ccccc21. The quantitative estimate of drug-likeness (QED) is 0.300. The second-order valence-corrected chi connectivity index (χ2v) is 13.6. The van der Waals surface area contributed by atoms with Crippen molar-refractivity contribution >= 4 is 39.4 Å². The van der Waals surface area contributed by atoms with Crippen LogP contribution in [0.25, 0.3) is 0 Å². The summed E-state index contributed by atoms with van der Waals surface area (Å²) in [6.45, 7) is 5.24. The second kappa shape index (κ2) is 13.0. The van der Waals surface area contributed by atoms with Gasteiger partial charge in [-0.1, -0.05) is 42.5 Å². The highest BCUT2D eigenvalue weighted by Crippen LogP contribution is 2.49. The monoisotopic (exact) mass is 653 g/mol. The predicted molar refractivity (Wildman–Crippen MR) is 169 cm³/mol. The lowest BCUT2D eigenvalue weighted by molar-refractivity contribution is -0.119. The van der Waals surface area contributed by atoms with Gasteiger partial charge in [-0.2, -0.15) is 8.42 Å². The third-order valence-electron chi connectivity index (χ3n) is 8.86. The Balaban J connectivity index is 1.51. The molecule has 3 aliphatic heterocycles. The fraction of sp³-hybridized carbons (Fsp3) is 0.406. The number of carbonyl (C=O) groups is 2. The first-order chi connectivity index (χ1) is 21.7. The number of fused-ring (bicyclic) bond motifs is 1. The average molecular weight is 654 g/mol. The number of likely N-dealkylation sites (N-methyl/N-ethyl adjacent to an activating group) is 1. The molecule has 0 bridgehead atoms. The van der Waals surface area contributed by atoms with E-state index in [9.17, 15) is 18.0 Å². The van der Waals surface area contributed by atoms with E-state index in [4.69, 9.17) is 20.5 Å². The third kappa shape index (κ3) is 6.11. The van der Waals surface area contributed by atoms with E-state index in [1.54, 1.807) is 30.5 Å². The molecule has 0 saturated carbocycles. The minimum Gasteiger partial charge on any atom is -0.478 e. The molecule has 238 valence electrons. The van der Waals surface area contributed by atoms with Crippen LogP contribution < -0.4 is 10.1 Å². The number of piperidine rings is 1. The van der Waals surface area contributed by atoms with Crippen molar-refractivity contribution in [3.63, 3.8) is 0 Å². The smallest absolute Gasteiger partial charge is 0.426 e. The van der Waals surface area contributed by atoms with Crippen LogP contribution in [0.2, 0.25) is 0 Å². The molecule has 45 heavy (non-hydrogen) atoms. The van der Waals surface area contributed by atoms with Crippen molar-refractivity contribution in [3.8, 4) is 5.88 Å². The Hall–Kier alpha value is -3.71. The van der Waals surface area contributed by atoms with Crippen LogP contribution in [0.4, 0.5) is 10.5 Å². The summed E-state index contributed by atoms with van der Waals surface area (Å²) in [6, 6.07) is 17.3. The number of ether oxygens (including phenoxy) is 1. The van der Waals surface area contributed by atoms with Crippen molar-refractivity contribution in [1.82, 2.24) is 19.7 Å². The van der Waals surface area contributed by atoms with Crippen molar-refractivity contribution in [2.45, 2.75) is 41.1 Å². The molecule has 0 radical (unpaired) electrons. The van der Waals surface area contributed by atoms with Gasteiger partial charge in [0.1, 0.15) is 4.90 Å². The zero-order valence-electron chi connectivity index (χ0n) is 25.1. The van der Waals surface area contributed by atoms with Crippen LogP contribution >= 0.6 is 11.6 Å². The van der Waals surface area contributed by atoms with E-state index in [-0.39, 0.29) is 23.4 Å². The van der Waals surface area contributed by atoms with Crippen molar-refractivity contribution in [2.75, 3.05) is 51.7 Å². The van der Waals surface area contributed by atoms with Gasteiger partial charge in [-0.3, -0.25) is 9.69 Å². The van der Waals surface area contributed by atoms with Crippen LogP contribution in [0.5, 0.6) is 5.88 Å². The number of alkyl halides is 1. The minimum atomic E-state index is -4.47. The number of likely N-dealkylation sites (tertiary alicyclic amines) is 1. The average Bonchev–Trinajstić information content (AvgIpc) is 3.37. The van der Waals surface area contributed by atoms with E-state index in [1.807, 2.05) is 37.3 Å². The highest BCUT2D eigenvalue weighted by atomic mass is 35.5. The topological polar surface area (TPSA) is 121 Å². The number of aromatic nitrogens is 1. The van der Waals surface area contributed by atoms with Gasteiger partial charge in [0.15, 0.2) is 0 Å². The first-order valence-electron chi connectivity index (χ1n) is 15.0. The highest BCUT2D eigenvalue weighted by Gasteiger charge is 2.55. The molecule has 11 nitrogen and oxygen atoms in total. The van der Waals surface area contributed by atoms with Crippen LogP contribution in [-0.2, 0) is 19.1 Å². The van der Waals surface area contributed by atoms with Crippen molar-refractivity contribution in [1.29, 1.82) is 0 Å². The molecule has 13 heteroatoms. The van der Waals surface area contributed by atoms with Gasteiger partial charge in [0, 0.05) is 62.1 Å². The van der Waals surface area contributed by atoms with Crippen LogP contribution in [0, 0.1) is 0 Å². The summed E-state index contributed by atoms with van der Waals surface area (Å²) in [5.74, 6) is -1.39. The lowest BCUT2D eigenvalue weighted by Crippen LogP contribution is -2.65. The summed E-state index contributed by atoms with van der Waals surface area (Å²) in [7, 11) is -2.41. The molecule has 5 atom stereocenters. The van der Waals surface area contributed by atoms with E-state index in [2.05, 4.69) is 27.1 Å². The Morgan fingerprint density at radius 1 is 0.978 bits per heavy atom. The summed E-state index contributed by atoms with van der Waals surface area (Å²) >= 11 is 7.25. The van der Waals surface area contributed by atoms with Gasteiger partial charge in [-0.05, 0) is 43.8 Å². The van der Waals surface area contributed by atoms with Gasteiger partial charge in [-0.25, -0.2) is 9.78 Å². The molecule has 3 aliphatic rings. The largest absolute Gasteiger partial charge is 0.478 e. The Bertz CT molecular complexity index is 1650. The van der Waals surface area contributed by atoms with Crippen LogP contribution in [0.1, 0.15) is 29.9 Å². The fourth-order valence-electron chi connectivity index (χ4n) is 6.83. The van der Waals surface area contributed by atoms with Crippen LogP contribution in [0.3, 0.4) is 0 Å². The van der Waals surface area contributed by atoms with Crippen LogP contribution in [0.15, 0.2) is 77.8 Å². The van der Waals surface area contributed by atoms with Gasteiger partial charge in [0.2, 0.25) is 11.8 Å². The number of hydrogen-bond acceptors (Lipinski definition) is 9. The fourth-order valence-corrected chi connectivity index (χ4v) is 8.16. The number of anilines is 1. The first kappa shape index (κ1) is 31.3. The molecule has 0 aliphatic carbocycles. The lowest BCUT2D eigenvalue weighted by Gasteiger charge is -2.53. The number of nitrogens with one attached hydrogen (secondary N) is 1.